The Kier molecular flexibility index (Phi) is 4.35. The van der Waals surface area contributed by atoms with E-state index in [9.17, 15) is 4.79 Å². The molecule has 20 heavy (non-hydrogen) atoms. The predicted octanol–water partition coefficient (Wildman–Crippen LogP) is 3.30. The molecule has 0 spiro atoms. The second-order valence-corrected chi connectivity index (χ2v) is 5.44. The van der Waals surface area contributed by atoms with Gasteiger partial charge in [-0.25, -0.2) is 0 Å². The maximum Gasteiger partial charge on any atom is 0.270 e. The number of halogens is 1. The predicted molar refractivity (Wildman–Crippen MR) is 81.7 cm³/mol. The second kappa shape index (κ2) is 6.01. The van der Waals surface area contributed by atoms with Gasteiger partial charge in [-0.05, 0) is 37.6 Å². The molecule has 0 aliphatic carbocycles. The van der Waals surface area contributed by atoms with Crippen LogP contribution in [0.2, 0.25) is 5.02 Å². The highest BCUT2D eigenvalue weighted by molar-refractivity contribution is 6.30. The fraction of sp³-hybridized carbons (Fsp3) is 0.267. The minimum absolute atomic E-state index is 0.0725. The highest BCUT2D eigenvalue weighted by Gasteiger charge is 2.20. The van der Waals surface area contributed by atoms with Crippen molar-refractivity contribution in [3.05, 3.63) is 52.8 Å². The standard InChI is InChI=1S/C15H18ClN3O/c1-10(2)19(9-11-4-3-5-12(16)6-11)15(20)14-7-13(17)8-18-14/h3-8,10,18H,9,17H2,1-2H3. The van der Waals surface area contributed by atoms with E-state index < -0.39 is 0 Å². The highest BCUT2D eigenvalue weighted by atomic mass is 35.5. The molecule has 0 aliphatic heterocycles. The van der Waals surface area contributed by atoms with Crippen molar-refractivity contribution in [2.45, 2.75) is 26.4 Å². The SMILES string of the molecule is CC(C)N(Cc1cccc(Cl)c1)C(=O)c1cc(N)c[nH]1. The molecule has 1 aromatic heterocycles. The second-order valence-electron chi connectivity index (χ2n) is 5.00. The van der Waals surface area contributed by atoms with E-state index in [1.165, 1.54) is 0 Å². The maximum atomic E-state index is 12.5. The molecule has 3 N–H and O–H groups in total. The van der Waals surface area contributed by atoms with Gasteiger partial charge >= 0.3 is 0 Å². The van der Waals surface area contributed by atoms with Gasteiger partial charge in [-0.3, -0.25) is 4.79 Å². The summed E-state index contributed by atoms with van der Waals surface area (Å²) in [6.07, 6.45) is 1.62. The van der Waals surface area contributed by atoms with Crippen LogP contribution in [0.5, 0.6) is 0 Å². The van der Waals surface area contributed by atoms with Crippen molar-refractivity contribution in [1.29, 1.82) is 0 Å². The number of nitrogens with two attached hydrogens (primary N) is 1. The van der Waals surface area contributed by atoms with E-state index in [4.69, 9.17) is 17.3 Å². The molecule has 106 valence electrons. The largest absolute Gasteiger partial charge is 0.397 e. The number of nitrogens with zero attached hydrogens (tertiary/aromatic N) is 1. The van der Waals surface area contributed by atoms with Crippen LogP contribution in [-0.4, -0.2) is 21.8 Å². The summed E-state index contributed by atoms with van der Waals surface area (Å²) in [4.78, 5) is 17.2. The summed E-state index contributed by atoms with van der Waals surface area (Å²) in [5.41, 5.74) is 7.70. The lowest BCUT2D eigenvalue weighted by atomic mass is 10.1. The number of aromatic amines is 1. The number of carbonyl (C=O) groups is 1. The first-order chi connectivity index (χ1) is 9.47. The Labute approximate surface area is 123 Å². The molecule has 0 atom stereocenters. The topological polar surface area (TPSA) is 62.1 Å². The molecule has 0 radical (unpaired) electrons. The van der Waals surface area contributed by atoms with Crippen LogP contribution < -0.4 is 5.73 Å². The van der Waals surface area contributed by atoms with Crippen molar-refractivity contribution in [2.75, 3.05) is 5.73 Å². The normalized spacial score (nSPS) is 10.8. The number of hydrogen-bond acceptors (Lipinski definition) is 2. The number of rotatable bonds is 4. The Balaban J connectivity index is 2.21. The average Bonchev–Trinajstić information content (AvgIpc) is 2.82. The van der Waals surface area contributed by atoms with Crippen LogP contribution in [-0.2, 0) is 6.54 Å². The molecule has 2 aromatic rings. The van der Waals surface area contributed by atoms with E-state index in [0.29, 0.717) is 22.9 Å². The summed E-state index contributed by atoms with van der Waals surface area (Å²) in [6, 6.07) is 9.25. The lowest BCUT2D eigenvalue weighted by molar-refractivity contribution is 0.0685. The van der Waals surface area contributed by atoms with E-state index >= 15 is 0 Å². The van der Waals surface area contributed by atoms with Gasteiger partial charge in [-0.1, -0.05) is 23.7 Å². The van der Waals surface area contributed by atoms with Gasteiger partial charge in [0.25, 0.3) is 5.91 Å². The van der Waals surface area contributed by atoms with Gasteiger partial charge in [0.05, 0.1) is 0 Å². The van der Waals surface area contributed by atoms with Crippen LogP contribution in [0, 0.1) is 0 Å². The molecule has 0 saturated heterocycles. The number of anilines is 1. The fourth-order valence-electron chi connectivity index (χ4n) is 2.01. The van der Waals surface area contributed by atoms with E-state index in [1.54, 1.807) is 17.2 Å². The van der Waals surface area contributed by atoms with Crippen molar-refractivity contribution in [3.63, 3.8) is 0 Å². The molecule has 1 aromatic carbocycles. The Hall–Kier alpha value is -1.94. The zero-order valence-electron chi connectivity index (χ0n) is 11.6. The number of carbonyl (C=O) groups excluding carboxylic acids is 1. The van der Waals surface area contributed by atoms with Crippen LogP contribution in [0.15, 0.2) is 36.5 Å². The van der Waals surface area contributed by atoms with Crippen LogP contribution in [0.3, 0.4) is 0 Å². The van der Waals surface area contributed by atoms with Crippen LogP contribution in [0.4, 0.5) is 5.69 Å². The molecular formula is C15H18ClN3O. The lowest BCUT2D eigenvalue weighted by Crippen LogP contribution is -2.36. The van der Waals surface area contributed by atoms with Gasteiger partial charge in [0.1, 0.15) is 5.69 Å². The Bertz CT molecular complexity index is 607. The number of hydrogen-bond donors (Lipinski definition) is 2. The summed E-state index contributed by atoms with van der Waals surface area (Å²) in [5.74, 6) is -0.0725. The number of amides is 1. The third kappa shape index (κ3) is 3.33. The van der Waals surface area contributed by atoms with Crippen molar-refractivity contribution in [1.82, 2.24) is 9.88 Å². The highest BCUT2D eigenvalue weighted by Crippen LogP contribution is 2.17. The van der Waals surface area contributed by atoms with Crippen molar-refractivity contribution in [3.8, 4) is 0 Å². The molecule has 1 amide bonds. The molecule has 0 saturated carbocycles. The van der Waals surface area contributed by atoms with E-state index in [0.717, 1.165) is 5.56 Å². The fourth-order valence-corrected chi connectivity index (χ4v) is 2.22. The van der Waals surface area contributed by atoms with Gasteiger partial charge in [0, 0.05) is 29.5 Å². The van der Waals surface area contributed by atoms with Gasteiger partial charge in [0.2, 0.25) is 0 Å². The first-order valence-corrected chi connectivity index (χ1v) is 6.84. The Morgan fingerprint density at radius 1 is 1.40 bits per heavy atom. The summed E-state index contributed by atoms with van der Waals surface area (Å²) in [6.45, 7) is 4.47. The summed E-state index contributed by atoms with van der Waals surface area (Å²) >= 11 is 5.98. The minimum atomic E-state index is -0.0725. The third-order valence-electron chi connectivity index (χ3n) is 3.06. The quantitative estimate of drug-likeness (QED) is 0.908. The average molecular weight is 292 g/mol. The monoisotopic (exact) mass is 291 g/mol. The number of aromatic nitrogens is 1. The molecule has 0 bridgehead atoms. The molecule has 5 heteroatoms. The molecular weight excluding hydrogens is 274 g/mol. The maximum absolute atomic E-state index is 12.5. The van der Waals surface area contributed by atoms with Gasteiger partial charge in [-0.2, -0.15) is 0 Å². The molecule has 0 aliphatic rings. The van der Waals surface area contributed by atoms with Gasteiger partial charge < -0.3 is 15.6 Å². The summed E-state index contributed by atoms with van der Waals surface area (Å²) < 4.78 is 0. The molecule has 2 rings (SSSR count). The van der Waals surface area contributed by atoms with Crippen LogP contribution >= 0.6 is 11.6 Å². The van der Waals surface area contributed by atoms with Crippen LogP contribution in [0.25, 0.3) is 0 Å². The first-order valence-electron chi connectivity index (χ1n) is 6.46. The Morgan fingerprint density at radius 2 is 2.15 bits per heavy atom. The third-order valence-corrected chi connectivity index (χ3v) is 3.30. The summed E-state index contributed by atoms with van der Waals surface area (Å²) in [7, 11) is 0. The number of H-pyrrole nitrogens is 1. The molecule has 4 nitrogen and oxygen atoms in total. The molecule has 1 heterocycles. The van der Waals surface area contributed by atoms with Gasteiger partial charge in [-0.15, -0.1) is 0 Å². The summed E-state index contributed by atoms with van der Waals surface area (Å²) in [5, 5.41) is 0.669. The van der Waals surface area contributed by atoms with Crippen molar-refractivity contribution < 1.29 is 4.79 Å². The number of benzene rings is 1. The minimum Gasteiger partial charge on any atom is -0.397 e. The zero-order valence-corrected chi connectivity index (χ0v) is 12.3. The van der Waals surface area contributed by atoms with Crippen molar-refractivity contribution >= 4 is 23.2 Å². The lowest BCUT2D eigenvalue weighted by Gasteiger charge is -2.26. The molecule has 0 fully saturated rings. The van der Waals surface area contributed by atoms with Crippen LogP contribution in [0.1, 0.15) is 29.9 Å². The van der Waals surface area contributed by atoms with E-state index in [2.05, 4.69) is 4.98 Å². The zero-order chi connectivity index (χ0) is 14.7. The first kappa shape index (κ1) is 14.5. The Morgan fingerprint density at radius 3 is 2.70 bits per heavy atom. The van der Waals surface area contributed by atoms with Gasteiger partial charge in [0.15, 0.2) is 0 Å². The number of nitrogens with one attached hydrogen (secondary N) is 1. The van der Waals surface area contributed by atoms with E-state index in [1.807, 2.05) is 38.1 Å². The number of nitrogen functional groups attached to an aromatic ring is 1. The van der Waals surface area contributed by atoms with E-state index in [-0.39, 0.29) is 11.9 Å². The molecule has 0 unspecified atom stereocenters. The van der Waals surface area contributed by atoms with Crippen molar-refractivity contribution in [2.24, 2.45) is 0 Å². The smallest absolute Gasteiger partial charge is 0.270 e.